The van der Waals surface area contributed by atoms with Gasteiger partial charge in [-0.3, -0.25) is 0 Å². The molecule has 2 N–H and O–H groups in total. The van der Waals surface area contributed by atoms with Gasteiger partial charge in [-0.25, -0.2) is 9.59 Å². The highest BCUT2D eigenvalue weighted by molar-refractivity contribution is 5.95. The first kappa shape index (κ1) is 28.0. The Morgan fingerprint density at radius 3 is 2.43 bits per heavy atom. The van der Waals surface area contributed by atoms with Gasteiger partial charge in [0, 0.05) is 5.70 Å². The Balaban J connectivity index is 2.38. The van der Waals surface area contributed by atoms with E-state index in [0.29, 0.717) is 17.0 Å². The van der Waals surface area contributed by atoms with Crippen molar-refractivity contribution in [3.8, 4) is 0 Å². The maximum atomic E-state index is 12.6. The Morgan fingerprint density at radius 1 is 1.06 bits per heavy atom. The molecular formula is C29H40N2O4. The third kappa shape index (κ3) is 8.46. The van der Waals surface area contributed by atoms with Crippen molar-refractivity contribution in [1.82, 2.24) is 10.6 Å². The molecule has 1 aliphatic rings. The Kier molecular flexibility index (Phi) is 11.9. The number of carbonyl (C=O) groups excluding carboxylic acids is 2. The molecule has 1 aromatic carbocycles. The average molecular weight is 481 g/mol. The third-order valence-electron chi connectivity index (χ3n) is 6.18. The number of esters is 1. The number of ether oxygens (including phenoxy) is 2. The van der Waals surface area contributed by atoms with Gasteiger partial charge < -0.3 is 20.1 Å². The van der Waals surface area contributed by atoms with E-state index in [1.165, 1.54) is 39.2 Å². The van der Waals surface area contributed by atoms with Gasteiger partial charge in [0.2, 0.25) is 0 Å². The van der Waals surface area contributed by atoms with Crippen LogP contribution in [0.3, 0.4) is 0 Å². The molecule has 0 aromatic heterocycles. The summed E-state index contributed by atoms with van der Waals surface area (Å²) in [6.45, 7) is 7.80. The number of methoxy groups -OCH3 is 2. The smallest absolute Gasteiger partial charge is 0.337 e. The van der Waals surface area contributed by atoms with Crippen molar-refractivity contribution in [2.45, 2.75) is 71.3 Å². The maximum Gasteiger partial charge on any atom is 0.337 e. The minimum absolute atomic E-state index is 0.344. The van der Waals surface area contributed by atoms with Gasteiger partial charge in [0.1, 0.15) is 5.76 Å². The van der Waals surface area contributed by atoms with Crippen molar-refractivity contribution < 1.29 is 19.1 Å². The molecule has 1 atom stereocenters. The minimum atomic E-state index is -0.609. The van der Waals surface area contributed by atoms with Crippen molar-refractivity contribution in [3.63, 3.8) is 0 Å². The molecule has 35 heavy (non-hydrogen) atoms. The van der Waals surface area contributed by atoms with Gasteiger partial charge in [-0.15, -0.1) is 0 Å². The van der Waals surface area contributed by atoms with Gasteiger partial charge in [-0.2, -0.15) is 0 Å². The maximum absolute atomic E-state index is 12.6. The molecule has 0 spiro atoms. The van der Waals surface area contributed by atoms with Crippen LogP contribution in [0.5, 0.6) is 0 Å². The number of urea groups is 1. The second kappa shape index (κ2) is 14.9. The number of rotatable bonds is 14. The first-order valence-corrected chi connectivity index (χ1v) is 12.5. The van der Waals surface area contributed by atoms with E-state index >= 15 is 0 Å². The lowest BCUT2D eigenvalue weighted by Gasteiger charge is -2.29. The largest absolute Gasteiger partial charge is 0.497 e. The zero-order chi connectivity index (χ0) is 25.6. The first-order chi connectivity index (χ1) is 16.9. The van der Waals surface area contributed by atoms with Crippen LogP contribution in [0, 0.1) is 0 Å². The standard InChI is InChI=1S/C29H40N2O4/c1-6-7-8-9-10-11-12-17-23(18-15-16-21(2)34-4)24-19-13-14-20-25(24)27-26(28(32)35-5)22(3)30-29(33)31-27/h13-16,18-20,27H,2,6-12,17H2,1,3-5H3,(H2,30,31,33). The highest BCUT2D eigenvalue weighted by atomic mass is 16.5. The molecule has 0 bridgehead atoms. The van der Waals surface area contributed by atoms with E-state index in [-0.39, 0.29) is 6.03 Å². The summed E-state index contributed by atoms with van der Waals surface area (Å²) in [7, 11) is 2.94. The number of benzene rings is 1. The van der Waals surface area contributed by atoms with E-state index in [4.69, 9.17) is 9.47 Å². The Hall–Kier alpha value is -3.28. The summed E-state index contributed by atoms with van der Waals surface area (Å²) in [5.74, 6) is 0.102. The molecule has 0 aliphatic carbocycles. The number of amides is 2. The Labute approximate surface area is 210 Å². The predicted octanol–water partition coefficient (Wildman–Crippen LogP) is 6.73. The molecule has 2 rings (SSSR count). The summed E-state index contributed by atoms with van der Waals surface area (Å²) in [5, 5.41) is 5.60. The number of hydrogen-bond donors (Lipinski definition) is 2. The highest BCUT2D eigenvalue weighted by Crippen LogP contribution is 2.34. The van der Waals surface area contributed by atoms with Crippen LogP contribution in [0.4, 0.5) is 4.79 Å². The summed E-state index contributed by atoms with van der Waals surface area (Å²) >= 11 is 0. The van der Waals surface area contributed by atoms with E-state index in [9.17, 15) is 9.59 Å². The van der Waals surface area contributed by atoms with E-state index in [1.807, 2.05) is 36.4 Å². The fraction of sp³-hybridized carbons (Fsp3) is 0.448. The monoisotopic (exact) mass is 480 g/mol. The zero-order valence-electron chi connectivity index (χ0n) is 21.6. The van der Waals surface area contributed by atoms with E-state index < -0.39 is 12.0 Å². The minimum Gasteiger partial charge on any atom is -0.497 e. The van der Waals surface area contributed by atoms with Gasteiger partial charge >= 0.3 is 12.0 Å². The second-order valence-corrected chi connectivity index (χ2v) is 8.74. The fourth-order valence-electron chi connectivity index (χ4n) is 4.27. The zero-order valence-corrected chi connectivity index (χ0v) is 21.6. The Bertz CT molecular complexity index is 975. The molecule has 6 heteroatoms. The van der Waals surface area contributed by atoms with Gasteiger partial charge in [0.25, 0.3) is 0 Å². The van der Waals surface area contributed by atoms with Crippen LogP contribution >= 0.6 is 0 Å². The van der Waals surface area contributed by atoms with Gasteiger partial charge in [0.15, 0.2) is 0 Å². The normalized spacial score (nSPS) is 16.2. The van der Waals surface area contributed by atoms with Crippen molar-refractivity contribution >= 4 is 17.6 Å². The third-order valence-corrected chi connectivity index (χ3v) is 6.18. The Morgan fingerprint density at radius 2 is 1.74 bits per heavy atom. The van der Waals surface area contributed by atoms with Crippen molar-refractivity contribution in [1.29, 1.82) is 0 Å². The van der Waals surface area contributed by atoms with E-state index in [1.54, 1.807) is 14.0 Å². The second-order valence-electron chi connectivity index (χ2n) is 8.74. The number of nitrogens with one attached hydrogen (secondary N) is 2. The summed E-state index contributed by atoms with van der Waals surface area (Å²) in [4.78, 5) is 25.0. The molecule has 2 amide bonds. The number of allylic oxidation sites excluding steroid dienone is 5. The summed E-state index contributed by atoms with van der Waals surface area (Å²) in [6.07, 6.45) is 15.3. The van der Waals surface area contributed by atoms with Gasteiger partial charge in [-0.05, 0) is 42.5 Å². The topological polar surface area (TPSA) is 76.7 Å². The number of carbonyl (C=O) groups is 2. The van der Waals surface area contributed by atoms with Crippen LogP contribution in [-0.4, -0.2) is 26.2 Å². The molecule has 1 heterocycles. The van der Waals surface area contributed by atoms with Crippen LogP contribution in [0.25, 0.3) is 5.57 Å². The molecule has 0 fully saturated rings. The highest BCUT2D eigenvalue weighted by Gasteiger charge is 2.33. The molecule has 0 saturated carbocycles. The number of unbranched alkanes of at least 4 members (excludes halogenated alkanes) is 6. The van der Waals surface area contributed by atoms with Crippen molar-refractivity contribution in [3.05, 3.63) is 77.2 Å². The van der Waals surface area contributed by atoms with Crippen LogP contribution in [0.2, 0.25) is 0 Å². The first-order valence-electron chi connectivity index (χ1n) is 12.5. The molecule has 0 saturated heterocycles. The fourth-order valence-corrected chi connectivity index (χ4v) is 4.27. The van der Waals surface area contributed by atoms with Crippen molar-refractivity contribution in [2.75, 3.05) is 14.2 Å². The van der Waals surface area contributed by atoms with Crippen LogP contribution in [-0.2, 0) is 14.3 Å². The average Bonchev–Trinajstić information content (AvgIpc) is 2.86. The lowest BCUT2D eigenvalue weighted by Crippen LogP contribution is -2.45. The van der Waals surface area contributed by atoms with Crippen LogP contribution in [0.15, 0.2) is 66.1 Å². The molecule has 1 unspecified atom stereocenters. The molecule has 0 radical (unpaired) electrons. The van der Waals surface area contributed by atoms with E-state index in [2.05, 4.69) is 30.2 Å². The van der Waals surface area contributed by atoms with Gasteiger partial charge in [0.05, 0.1) is 25.8 Å². The van der Waals surface area contributed by atoms with Gasteiger partial charge in [-0.1, -0.05) is 88.4 Å². The van der Waals surface area contributed by atoms with Crippen LogP contribution in [0.1, 0.15) is 82.4 Å². The number of hydrogen-bond acceptors (Lipinski definition) is 4. The summed E-state index contributed by atoms with van der Waals surface area (Å²) < 4.78 is 10.2. The predicted molar refractivity (Wildman–Crippen MR) is 141 cm³/mol. The molecular weight excluding hydrogens is 440 g/mol. The summed E-state index contributed by atoms with van der Waals surface area (Å²) in [6, 6.07) is 6.95. The molecule has 1 aromatic rings. The molecule has 1 aliphatic heterocycles. The van der Waals surface area contributed by atoms with Crippen LogP contribution < -0.4 is 10.6 Å². The SMILES string of the molecule is C=C(C=CC=C(CCCCCCCCC)c1ccccc1C1NC(=O)NC(C)=C1C(=O)OC)OC. The van der Waals surface area contributed by atoms with E-state index in [0.717, 1.165) is 36.0 Å². The molecule has 6 nitrogen and oxygen atoms in total. The summed E-state index contributed by atoms with van der Waals surface area (Å²) in [5.41, 5.74) is 3.87. The van der Waals surface area contributed by atoms with Crippen molar-refractivity contribution in [2.24, 2.45) is 0 Å². The quantitative estimate of drug-likeness (QED) is 0.134. The molecule has 190 valence electrons. The lowest BCUT2D eigenvalue weighted by atomic mass is 9.87. The lowest BCUT2D eigenvalue weighted by molar-refractivity contribution is -0.136.